The van der Waals surface area contributed by atoms with E-state index in [0.29, 0.717) is 18.4 Å². The summed E-state index contributed by atoms with van der Waals surface area (Å²) in [6.07, 6.45) is 2.70. The van der Waals surface area contributed by atoms with E-state index in [-0.39, 0.29) is 35.2 Å². The minimum Gasteiger partial charge on any atom is -0.444 e. The van der Waals surface area contributed by atoms with Gasteiger partial charge in [-0.1, -0.05) is 13.8 Å². The highest BCUT2D eigenvalue weighted by Crippen LogP contribution is 2.36. The molecule has 0 unspecified atom stereocenters. The van der Waals surface area contributed by atoms with Gasteiger partial charge in [-0.15, -0.1) is 0 Å². The van der Waals surface area contributed by atoms with Crippen molar-refractivity contribution < 1.29 is 32.1 Å². The average molecular weight is 553 g/mol. The highest BCUT2D eigenvalue weighted by molar-refractivity contribution is 7.91. The lowest BCUT2D eigenvalue weighted by Gasteiger charge is -2.32. The minimum atomic E-state index is -3.79. The van der Waals surface area contributed by atoms with Crippen LogP contribution in [0.3, 0.4) is 0 Å². The maximum atomic E-state index is 13.2. The van der Waals surface area contributed by atoms with Crippen LogP contribution in [0.15, 0.2) is 17.6 Å². The molecule has 212 valence electrons. The molecule has 2 aliphatic rings. The van der Waals surface area contributed by atoms with Crippen molar-refractivity contribution in [1.82, 2.24) is 20.2 Å². The summed E-state index contributed by atoms with van der Waals surface area (Å²) in [4.78, 5) is 35.2. The normalized spacial score (nSPS) is 22.0. The Balaban J connectivity index is 1.61. The third-order valence-electron chi connectivity index (χ3n) is 7.11. The molecule has 1 aromatic rings. The Labute approximate surface area is 226 Å². The number of hydrogen-bond donors (Lipinski definition) is 1. The van der Waals surface area contributed by atoms with Crippen LogP contribution < -0.4 is 10.8 Å². The number of aromatic nitrogens is 2. The quantitative estimate of drug-likeness (QED) is 0.398. The van der Waals surface area contributed by atoms with Gasteiger partial charge in [0.2, 0.25) is 20.9 Å². The number of carbonyl (C=O) groups is 2. The first-order chi connectivity index (χ1) is 17.3. The fourth-order valence-corrected chi connectivity index (χ4v) is 5.75. The fourth-order valence-electron chi connectivity index (χ4n) is 4.29. The van der Waals surface area contributed by atoms with Crippen LogP contribution in [0, 0.1) is 11.8 Å². The number of likely N-dealkylation sites (tertiary alicyclic amines) is 1. The van der Waals surface area contributed by atoms with Crippen molar-refractivity contribution in [3.8, 4) is 0 Å². The summed E-state index contributed by atoms with van der Waals surface area (Å²) in [5.41, 5.74) is -1.22. The molecular weight excluding hydrogens is 511 g/mol. The second-order valence-corrected chi connectivity index (χ2v) is 14.4. The predicted octanol–water partition coefficient (Wildman–Crippen LogP) is 1.95. The zero-order valence-corrected chi connectivity index (χ0v) is 24.7. The van der Waals surface area contributed by atoms with Crippen LogP contribution in [0.5, 0.6) is 0 Å². The Morgan fingerprint density at radius 1 is 1.16 bits per heavy atom. The van der Waals surface area contributed by atoms with Crippen molar-refractivity contribution in [3.05, 3.63) is 12.4 Å². The van der Waals surface area contributed by atoms with Gasteiger partial charge in [0, 0.05) is 30.9 Å². The van der Waals surface area contributed by atoms with E-state index < -0.39 is 45.9 Å². The topological polar surface area (TPSA) is 137 Å². The summed E-state index contributed by atoms with van der Waals surface area (Å²) in [6.45, 7) is 17.3. The van der Waals surface area contributed by atoms with Gasteiger partial charge in [0.1, 0.15) is 11.6 Å². The summed E-state index contributed by atoms with van der Waals surface area (Å²) < 4.78 is 43.4. The highest BCUT2D eigenvalue weighted by Gasteiger charge is 2.52. The number of hydrogen-bond acceptors (Lipinski definition) is 9. The number of nitrogens with one attached hydrogen (secondary N) is 1. The third-order valence-corrected chi connectivity index (χ3v) is 8.79. The van der Waals surface area contributed by atoms with Gasteiger partial charge in [-0.2, -0.15) is 0 Å². The molecule has 2 fully saturated rings. The van der Waals surface area contributed by atoms with Crippen LogP contribution in [0.2, 0.25) is 0 Å². The van der Waals surface area contributed by atoms with E-state index in [1.165, 1.54) is 12.4 Å². The molecule has 38 heavy (non-hydrogen) atoms. The van der Waals surface area contributed by atoms with E-state index in [0.717, 1.165) is 0 Å². The fraction of sp³-hybridized carbons (Fsp3) is 0.760. The van der Waals surface area contributed by atoms with Crippen LogP contribution in [0.1, 0.15) is 68.7 Å². The lowest BCUT2D eigenvalue weighted by Crippen LogP contribution is -2.51. The maximum Gasteiger partial charge on any atom is 0.498 e. The molecule has 2 atom stereocenters. The minimum absolute atomic E-state index is 0.173. The molecular formula is C25H41BN4O7S. The summed E-state index contributed by atoms with van der Waals surface area (Å²) in [6, 6.07) is -0.772. The molecule has 3 heterocycles. The molecule has 1 N–H and O–H groups in total. The lowest BCUT2D eigenvalue weighted by molar-refractivity contribution is -0.133. The number of alkyl carbamates (subject to hydrolysis) is 1. The zero-order chi connectivity index (χ0) is 28.7. The molecule has 0 radical (unpaired) electrons. The molecule has 2 saturated heterocycles. The molecule has 3 rings (SSSR count). The first-order valence-corrected chi connectivity index (χ1v) is 14.7. The smallest absolute Gasteiger partial charge is 0.444 e. The van der Waals surface area contributed by atoms with Gasteiger partial charge >= 0.3 is 13.2 Å². The second-order valence-electron chi connectivity index (χ2n) is 12.5. The van der Waals surface area contributed by atoms with Gasteiger partial charge in [0.25, 0.3) is 0 Å². The number of carbonyl (C=O) groups excluding carboxylic acids is 2. The summed E-state index contributed by atoms with van der Waals surface area (Å²) >= 11 is 0. The Morgan fingerprint density at radius 2 is 1.71 bits per heavy atom. The number of sulfone groups is 1. The molecule has 1 aromatic heterocycles. The largest absolute Gasteiger partial charge is 0.498 e. The summed E-state index contributed by atoms with van der Waals surface area (Å²) in [5.74, 6) is -0.884. The molecule has 0 bridgehead atoms. The highest BCUT2D eigenvalue weighted by atomic mass is 32.2. The van der Waals surface area contributed by atoms with Crippen LogP contribution >= 0.6 is 0 Å². The van der Waals surface area contributed by atoms with E-state index >= 15 is 0 Å². The summed E-state index contributed by atoms with van der Waals surface area (Å²) in [5, 5.41) is 2.40. The summed E-state index contributed by atoms with van der Waals surface area (Å²) in [7, 11) is -4.47. The molecule has 0 aromatic carbocycles. The molecule has 2 aliphatic heterocycles. The van der Waals surface area contributed by atoms with Gasteiger partial charge in [0.05, 0.1) is 17.0 Å². The molecule has 0 saturated carbocycles. The first kappa shape index (κ1) is 30.3. The SMILES string of the molecule is CC(C)[C@@H](NC(=O)OC(C)(C)C)C(=O)N1CC[C@@H](CS(=O)(=O)c2ncc(B3OC(C)(C)C(C)(C)O3)cn2)C1. The van der Waals surface area contributed by atoms with Gasteiger partial charge in [-0.3, -0.25) is 4.79 Å². The number of nitrogens with zero attached hydrogens (tertiary/aromatic N) is 3. The molecule has 11 nitrogen and oxygen atoms in total. The maximum absolute atomic E-state index is 13.2. The van der Waals surface area contributed by atoms with Gasteiger partial charge < -0.3 is 24.3 Å². The van der Waals surface area contributed by atoms with Crippen molar-refractivity contribution in [2.24, 2.45) is 11.8 Å². The number of ether oxygens (including phenoxy) is 1. The van der Waals surface area contributed by atoms with Crippen LogP contribution in [-0.2, 0) is 28.7 Å². The van der Waals surface area contributed by atoms with Crippen molar-refractivity contribution in [3.63, 3.8) is 0 Å². The van der Waals surface area contributed by atoms with Gasteiger partial charge in [-0.25, -0.2) is 23.2 Å². The van der Waals surface area contributed by atoms with Crippen LogP contribution in [0.4, 0.5) is 4.79 Å². The van der Waals surface area contributed by atoms with Gasteiger partial charge in [0.15, 0.2) is 0 Å². The Kier molecular flexibility index (Phi) is 8.55. The standard InChI is InChI=1S/C25H41BN4O7S/c1-16(2)19(29-22(32)35-23(3,4)5)20(31)30-11-10-17(14-30)15-38(33,34)21-27-12-18(13-28-21)26-36-24(6,7)25(8,9)37-26/h12-13,16-17,19H,10-11,14-15H2,1-9H3,(H,29,32)/t17-,19-/m1/s1. The van der Waals surface area contributed by atoms with E-state index in [9.17, 15) is 18.0 Å². The molecule has 0 aliphatic carbocycles. The molecule has 13 heteroatoms. The van der Waals surface area contributed by atoms with Crippen molar-refractivity contribution >= 4 is 34.4 Å². The average Bonchev–Trinajstić information content (AvgIpc) is 3.31. The Bertz CT molecular complexity index is 1120. The van der Waals surface area contributed by atoms with Crippen LogP contribution in [-0.4, -0.2) is 84.1 Å². The number of amides is 2. The van der Waals surface area contributed by atoms with Crippen LogP contribution in [0.25, 0.3) is 0 Å². The molecule has 2 amide bonds. The zero-order valence-electron chi connectivity index (χ0n) is 23.9. The third kappa shape index (κ3) is 7.03. The van der Waals surface area contributed by atoms with Crippen molar-refractivity contribution in [2.75, 3.05) is 18.8 Å². The van der Waals surface area contributed by atoms with Crippen molar-refractivity contribution in [2.45, 2.75) is 96.7 Å². The number of rotatable bonds is 7. The van der Waals surface area contributed by atoms with Gasteiger partial charge in [-0.05, 0) is 66.7 Å². The van der Waals surface area contributed by atoms with E-state index in [4.69, 9.17) is 14.0 Å². The lowest BCUT2D eigenvalue weighted by atomic mass is 9.81. The Hall–Kier alpha value is -2.25. The second kappa shape index (κ2) is 10.7. The molecule has 0 spiro atoms. The van der Waals surface area contributed by atoms with E-state index in [2.05, 4.69) is 15.3 Å². The Morgan fingerprint density at radius 3 is 2.21 bits per heavy atom. The van der Waals surface area contributed by atoms with E-state index in [1.807, 2.05) is 41.5 Å². The predicted molar refractivity (Wildman–Crippen MR) is 142 cm³/mol. The van der Waals surface area contributed by atoms with E-state index in [1.54, 1.807) is 25.7 Å². The monoisotopic (exact) mass is 552 g/mol. The van der Waals surface area contributed by atoms with Crippen molar-refractivity contribution in [1.29, 1.82) is 0 Å². The first-order valence-electron chi connectivity index (χ1n) is 13.0.